The summed E-state index contributed by atoms with van der Waals surface area (Å²) in [7, 11) is -0.865. The Labute approximate surface area is 404 Å². The summed E-state index contributed by atoms with van der Waals surface area (Å²) in [6, 6.07) is 5.48. The Morgan fingerprint density at radius 3 is 2.35 bits per heavy atom. The van der Waals surface area contributed by atoms with E-state index in [2.05, 4.69) is 18.9 Å². The van der Waals surface area contributed by atoms with Crippen molar-refractivity contribution in [2.75, 3.05) is 59.6 Å². The first-order valence-corrected chi connectivity index (χ1v) is 27.8. The van der Waals surface area contributed by atoms with Crippen LogP contribution in [0.4, 0.5) is 9.18 Å². The fourth-order valence-corrected chi connectivity index (χ4v) is 14.2. The molecule has 15 heteroatoms. The maximum atomic E-state index is 18.2. The zero-order valence-electron chi connectivity index (χ0n) is 42.6. The minimum Gasteiger partial charge on any atom is -0.444 e. The summed E-state index contributed by atoms with van der Waals surface area (Å²) >= 11 is 0. The van der Waals surface area contributed by atoms with Crippen LogP contribution in [-0.2, 0) is 34.9 Å². The molecule has 2 heterocycles. The molecule has 4 saturated carbocycles. The molecule has 68 heavy (non-hydrogen) atoms. The van der Waals surface area contributed by atoms with Crippen LogP contribution in [0.5, 0.6) is 5.75 Å². The SMILES string of the molecule is CC(C)(C)OC(=O)N(CC(O)c1ccc(C[N+]2(C)CCN(CC(=O)[C@@]34O[C@H](C5CCCCC5)O[C@@H]3C[C@H]3[C@@H]5CCC6=CC(=O)C=C[C@]6(C)[C@@]5(F)[C@@H](O)C[C@@]34C)CC2)c(OP(C)(C)=O)c1)C(C)(C)C. The summed E-state index contributed by atoms with van der Waals surface area (Å²) in [5.41, 5.74) is -4.66. The monoisotopic (exact) mass is 969 g/mol. The third-order valence-corrected chi connectivity index (χ3v) is 17.9. The number of Topliss-reactive ketones (excluding diaryl/α,β-unsaturated/α-hetero) is 1. The van der Waals surface area contributed by atoms with Crippen LogP contribution < -0.4 is 4.52 Å². The first kappa shape index (κ1) is 51.4. The van der Waals surface area contributed by atoms with E-state index in [1.54, 1.807) is 52.3 Å². The van der Waals surface area contributed by atoms with Gasteiger partial charge in [-0.3, -0.25) is 19.1 Å². The summed E-state index contributed by atoms with van der Waals surface area (Å²) in [4.78, 5) is 44.9. The number of quaternary nitrogens is 1. The van der Waals surface area contributed by atoms with Crippen LogP contribution in [-0.4, -0.2) is 143 Å². The molecule has 13 nitrogen and oxygen atoms in total. The fraction of sp³-hybridized carbons (Fsp3) is 0.755. The summed E-state index contributed by atoms with van der Waals surface area (Å²) in [6.45, 7) is 21.4. The van der Waals surface area contributed by atoms with Crippen molar-refractivity contribution in [3.05, 3.63) is 53.1 Å². The molecule has 0 spiro atoms. The van der Waals surface area contributed by atoms with Crippen molar-refractivity contribution in [1.29, 1.82) is 0 Å². The van der Waals surface area contributed by atoms with Crippen molar-refractivity contribution in [3.63, 3.8) is 0 Å². The van der Waals surface area contributed by atoms with Crippen molar-refractivity contribution in [3.8, 4) is 5.75 Å². The topological polar surface area (TPSA) is 152 Å². The number of hydrogen-bond acceptors (Lipinski definition) is 11. The number of alkyl halides is 1. The molecule has 10 atom stereocenters. The maximum absolute atomic E-state index is 18.2. The number of β-amino-alcohol motifs (C(OH)–C–C–N with tert-alkyl or cyclic N) is 1. The number of benzene rings is 1. The number of allylic oxidation sites excluding steroid dienone is 4. The van der Waals surface area contributed by atoms with Crippen molar-refractivity contribution >= 4 is 25.0 Å². The molecule has 8 rings (SSSR count). The lowest BCUT2D eigenvalue weighted by molar-refractivity contribution is -0.926. The van der Waals surface area contributed by atoms with Crippen molar-refractivity contribution in [2.45, 2.75) is 167 Å². The molecule has 0 radical (unpaired) electrons. The molecule has 2 N–H and O–H groups in total. The van der Waals surface area contributed by atoms with Gasteiger partial charge in [0, 0.05) is 60.2 Å². The predicted octanol–water partition coefficient (Wildman–Crippen LogP) is 8.54. The summed E-state index contributed by atoms with van der Waals surface area (Å²) in [6.07, 6.45) is 7.39. The minimum absolute atomic E-state index is 0.0217. The molecule has 0 aromatic heterocycles. The van der Waals surface area contributed by atoms with E-state index in [0.29, 0.717) is 67.8 Å². The third kappa shape index (κ3) is 9.24. The highest BCUT2D eigenvalue weighted by Gasteiger charge is 2.79. The van der Waals surface area contributed by atoms with Gasteiger partial charge in [-0.2, -0.15) is 0 Å². The lowest BCUT2D eigenvalue weighted by Gasteiger charge is -2.62. The summed E-state index contributed by atoms with van der Waals surface area (Å²) in [5.74, 6) is -0.463. The number of nitrogens with zero attached hydrogens (tertiary/aromatic N) is 3. The highest BCUT2D eigenvalue weighted by atomic mass is 31.2. The van der Waals surface area contributed by atoms with Crippen molar-refractivity contribution in [1.82, 2.24) is 9.80 Å². The number of aliphatic hydroxyl groups is 2. The van der Waals surface area contributed by atoms with E-state index in [4.69, 9.17) is 18.7 Å². The van der Waals surface area contributed by atoms with Gasteiger partial charge in [-0.1, -0.05) is 43.9 Å². The van der Waals surface area contributed by atoms with E-state index in [1.807, 2.05) is 39.8 Å². The van der Waals surface area contributed by atoms with Gasteiger partial charge in [-0.25, -0.2) is 9.18 Å². The lowest BCUT2D eigenvalue weighted by atomic mass is 9.44. The van der Waals surface area contributed by atoms with Gasteiger partial charge in [0.25, 0.3) is 0 Å². The number of amides is 1. The predicted molar refractivity (Wildman–Crippen MR) is 258 cm³/mol. The Bertz CT molecular complexity index is 2240. The van der Waals surface area contributed by atoms with Crippen LogP contribution in [0.15, 0.2) is 42.0 Å². The fourth-order valence-electron chi connectivity index (χ4n) is 13.6. The highest BCUT2D eigenvalue weighted by molar-refractivity contribution is 7.57. The first-order chi connectivity index (χ1) is 31.5. The zero-order chi connectivity index (χ0) is 49.6. The molecule has 7 aliphatic rings. The summed E-state index contributed by atoms with van der Waals surface area (Å²) < 4.78 is 57.9. The van der Waals surface area contributed by atoms with E-state index >= 15 is 9.18 Å². The second-order valence-electron chi connectivity index (χ2n) is 24.7. The first-order valence-electron chi connectivity index (χ1n) is 25.3. The molecular formula is C53H80FN3O10P+. The number of rotatable bonds is 11. The number of carbonyl (C=O) groups excluding carboxylic acids is 3. The normalized spacial score (nSPS) is 35.6. The molecule has 378 valence electrons. The number of fused-ring (bicyclic) bond motifs is 7. The van der Waals surface area contributed by atoms with E-state index in [-0.39, 0.29) is 42.9 Å². The molecule has 2 aliphatic heterocycles. The van der Waals surface area contributed by atoms with Gasteiger partial charge in [0.05, 0.1) is 51.5 Å². The number of ketones is 2. The molecule has 1 unspecified atom stereocenters. The smallest absolute Gasteiger partial charge is 0.410 e. The average molecular weight is 969 g/mol. The Balaban J connectivity index is 1.000. The second-order valence-corrected chi connectivity index (χ2v) is 27.3. The molecule has 1 amide bonds. The zero-order valence-corrected chi connectivity index (χ0v) is 43.5. The van der Waals surface area contributed by atoms with Crippen LogP contribution >= 0.6 is 7.37 Å². The van der Waals surface area contributed by atoms with Crippen LogP contribution in [0, 0.1) is 28.6 Å². The summed E-state index contributed by atoms with van der Waals surface area (Å²) in [5, 5.41) is 23.8. The van der Waals surface area contributed by atoms with Crippen LogP contribution in [0.2, 0.25) is 0 Å². The second kappa shape index (κ2) is 18.0. The van der Waals surface area contributed by atoms with Gasteiger partial charge in [0.1, 0.15) is 17.9 Å². The van der Waals surface area contributed by atoms with E-state index in [9.17, 15) is 24.4 Å². The molecule has 0 bridgehead atoms. The number of hydrogen-bond donors (Lipinski definition) is 2. The highest BCUT2D eigenvalue weighted by Crippen LogP contribution is 2.72. The van der Waals surface area contributed by atoms with E-state index < -0.39 is 77.2 Å². The number of halogens is 1. The number of carbonyl (C=O) groups is 3. The van der Waals surface area contributed by atoms with Crippen LogP contribution in [0.25, 0.3) is 0 Å². The average Bonchev–Trinajstić information content (AvgIpc) is 3.74. The minimum atomic E-state index is -3.03. The molecular weight excluding hydrogens is 889 g/mol. The van der Waals surface area contributed by atoms with Crippen molar-refractivity contribution < 1.29 is 56.8 Å². The Hall–Kier alpha value is -2.97. The maximum Gasteiger partial charge on any atom is 0.410 e. The lowest BCUT2D eigenvalue weighted by Crippen LogP contribution is -2.70. The van der Waals surface area contributed by atoms with E-state index in [1.165, 1.54) is 17.4 Å². The molecule has 2 saturated heterocycles. The van der Waals surface area contributed by atoms with Gasteiger partial charge in [-0.05, 0) is 123 Å². The van der Waals surface area contributed by atoms with Crippen LogP contribution in [0.1, 0.15) is 130 Å². The molecule has 1 aromatic carbocycles. The number of piperazine rings is 1. The van der Waals surface area contributed by atoms with Crippen molar-refractivity contribution in [2.24, 2.45) is 28.6 Å². The van der Waals surface area contributed by atoms with E-state index in [0.717, 1.165) is 36.8 Å². The quantitative estimate of drug-likeness (QED) is 0.162. The number of ether oxygens (including phenoxy) is 3. The van der Waals surface area contributed by atoms with Gasteiger partial charge >= 0.3 is 6.09 Å². The Morgan fingerprint density at radius 2 is 1.72 bits per heavy atom. The Morgan fingerprint density at radius 1 is 1.04 bits per heavy atom. The third-order valence-electron chi connectivity index (χ3n) is 17.3. The standard InChI is InChI=1S/C53H80FN3O10P/c1-48(2,3)56(47(62)66-49(4,5)6)31-41(59)35-17-18-36(42(27-35)67-68(10,11)63)33-57(9)25-23-55(24-26-57)32-44(61)53-45(64-46(65-53)34-15-13-12-14-16-34)29-40-39-20-19-37-28-38(58)21-22-50(37,7)52(39,54)43(60)30-51(40,53)8/h17-18,21-22,27-28,34,39-41,43,45-46,59-60H,12-16,19-20,23-26,29-33H2,1-11H3/q+1/t39-,40-,41?,43-,45+,46+,50-,51-,52-,53+/m0/s1. The molecule has 1 aromatic rings. The van der Waals surface area contributed by atoms with Gasteiger partial charge < -0.3 is 38.3 Å². The Kier molecular flexibility index (Phi) is 13.6. The molecule has 5 aliphatic carbocycles. The van der Waals surface area contributed by atoms with Gasteiger partial charge in [0.2, 0.25) is 7.37 Å². The van der Waals surface area contributed by atoms with Crippen LogP contribution in [0.3, 0.4) is 0 Å². The molecule has 6 fully saturated rings. The number of aliphatic hydroxyl groups excluding tert-OH is 2. The number of likely N-dealkylation sites (N-methyl/N-ethyl adjacent to an activating group) is 1. The largest absolute Gasteiger partial charge is 0.444 e. The van der Waals surface area contributed by atoms with Gasteiger partial charge in [-0.15, -0.1) is 0 Å². The van der Waals surface area contributed by atoms with Gasteiger partial charge in [0.15, 0.2) is 29.1 Å².